The second-order valence-corrected chi connectivity index (χ2v) is 8.57. The molecule has 2 aromatic carbocycles. The minimum atomic E-state index is 0.119. The molecule has 1 amide bonds. The molecule has 2 aromatic heterocycles. The van der Waals surface area contributed by atoms with E-state index in [0.29, 0.717) is 13.0 Å². The average molecular weight is 443 g/mol. The van der Waals surface area contributed by atoms with E-state index in [1.54, 1.807) is 0 Å². The van der Waals surface area contributed by atoms with E-state index in [2.05, 4.69) is 51.6 Å². The lowest BCUT2D eigenvalue weighted by atomic mass is 10.0. The van der Waals surface area contributed by atoms with Gasteiger partial charge in [-0.25, -0.2) is 4.98 Å². The van der Waals surface area contributed by atoms with Crippen LogP contribution < -0.4 is 5.32 Å². The van der Waals surface area contributed by atoms with Crippen LogP contribution in [-0.2, 0) is 16.0 Å². The molecule has 0 saturated carbocycles. The second kappa shape index (κ2) is 10.1. The number of ether oxygens (including phenoxy) is 1. The monoisotopic (exact) mass is 442 g/mol. The predicted octanol–water partition coefficient (Wildman–Crippen LogP) is 4.15. The van der Waals surface area contributed by atoms with E-state index in [1.165, 1.54) is 10.9 Å². The van der Waals surface area contributed by atoms with Crippen LogP contribution >= 0.6 is 0 Å². The third-order valence-electron chi connectivity index (χ3n) is 6.35. The van der Waals surface area contributed by atoms with Crippen LogP contribution in [0.4, 0.5) is 0 Å². The maximum Gasteiger partial charge on any atom is 0.220 e. The molecule has 6 heteroatoms. The number of benzene rings is 2. The smallest absolute Gasteiger partial charge is 0.220 e. The van der Waals surface area contributed by atoms with Gasteiger partial charge in [-0.1, -0.05) is 42.5 Å². The number of fused-ring (bicyclic) bond motifs is 2. The summed E-state index contributed by atoms with van der Waals surface area (Å²) in [7, 11) is 0. The van der Waals surface area contributed by atoms with Crippen molar-refractivity contribution in [1.82, 2.24) is 20.2 Å². The Kier molecular flexibility index (Phi) is 6.65. The molecule has 6 nitrogen and oxygen atoms in total. The van der Waals surface area contributed by atoms with Crippen molar-refractivity contribution in [2.75, 3.05) is 39.4 Å². The fourth-order valence-electron chi connectivity index (χ4n) is 4.58. The minimum absolute atomic E-state index is 0.119. The molecule has 170 valence electrons. The van der Waals surface area contributed by atoms with Gasteiger partial charge in [0, 0.05) is 48.9 Å². The lowest BCUT2D eigenvalue weighted by molar-refractivity contribution is -0.121. The third-order valence-corrected chi connectivity index (χ3v) is 6.35. The summed E-state index contributed by atoms with van der Waals surface area (Å²) in [6, 6.07) is 20.7. The number of nitrogens with one attached hydrogen (secondary N) is 2. The number of aryl methyl sites for hydroxylation is 1. The second-order valence-electron chi connectivity index (χ2n) is 8.57. The van der Waals surface area contributed by atoms with Crippen molar-refractivity contribution in [1.29, 1.82) is 0 Å². The maximum absolute atomic E-state index is 12.4. The van der Waals surface area contributed by atoms with Gasteiger partial charge >= 0.3 is 0 Å². The largest absolute Gasteiger partial charge is 0.379 e. The van der Waals surface area contributed by atoms with Crippen molar-refractivity contribution in [2.24, 2.45) is 0 Å². The summed E-state index contributed by atoms with van der Waals surface area (Å²) in [5, 5.41) is 5.41. The normalized spacial score (nSPS) is 14.7. The predicted molar refractivity (Wildman–Crippen MR) is 132 cm³/mol. The number of para-hydroxylation sites is 2. The zero-order valence-corrected chi connectivity index (χ0v) is 18.8. The Morgan fingerprint density at radius 3 is 2.76 bits per heavy atom. The van der Waals surface area contributed by atoms with E-state index >= 15 is 0 Å². The molecule has 0 spiro atoms. The fraction of sp³-hybridized carbons (Fsp3) is 0.333. The van der Waals surface area contributed by atoms with Crippen molar-refractivity contribution in [3.63, 3.8) is 0 Å². The van der Waals surface area contributed by atoms with Gasteiger partial charge in [0.2, 0.25) is 5.91 Å². The van der Waals surface area contributed by atoms with Gasteiger partial charge in [0.25, 0.3) is 0 Å². The Morgan fingerprint density at radius 1 is 1.03 bits per heavy atom. The number of rotatable bonds is 8. The number of H-pyrrole nitrogens is 1. The SMILES string of the molecule is O=C(CCCc1c(-c2ccc3ccccc3n2)[nH]c2ccccc12)NCCN1CCOCC1. The molecule has 0 atom stereocenters. The summed E-state index contributed by atoms with van der Waals surface area (Å²) < 4.78 is 5.37. The number of hydrogen-bond donors (Lipinski definition) is 2. The first kappa shape index (κ1) is 21.6. The van der Waals surface area contributed by atoms with E-state index in [4.69, 9.17) is 9.72 Å². The summed E-state index contributed by atoms with van der Waals surface area (Å²) in [5.41, 5.74) is 5.31. The van der Waals surface area contributed by atoms with Gasteiger partial charge < -0.3 is 15.0 Å². The Labute approximate surface area is 194 Å². The number of carbonyl (C=O) groups excluding carboxylic acids is 1. The first-order valence-corrected chi connectivity index (χ1v) is 11.8. The van der Waals surface area contributed by atoms with Crippen LogP contribution in [0, 0.1) is 0 Å². The number of pyridine rings is 1. The highest BCUT2D eigenvalue weighted by molar-refractivity contribution is 5.91. The van der Waals surface area contributed by atoms with Crippen LogP contribution in [0.5, 0.6) is 0 Å². The highest BCUT2D eigenvalue weighted by Crippen LogP contribution is 2.31. The van der Waals surface area contributed by atoms with Gasteiger partial charge in [-0.15, -0.1) is 0 Å². The van der Waals surface area contributed by atoms with Gasteiger partial charge in [-0.2, -0.15) is 0 Å². The molecule has 0 aliphatic carbocycles. The van der Waals surface area contributed by atoms with Crippen LogP contribution in [0.25, 0.3) is 33.2 Å². The molecular formula is C27H30N4O2. The van der Waals surface area contributed by atoms with E-state index in [0.717, 1.165) is 73.5 Å². The quantitative estimate of drug-likeness (QED) is 0.430. The number of amides is 1. The molecule has 0 radical (unpaired) electrons. The fourth-order valence-corrected chi connectivity index (χ4v) is 4.58. The molecule has 0 unspecified atom stereocenters. The lowest BCUT2D eigenvalue weighted by Gasteiger charge is -2.26. The highest BCUT2D eigenvalue weighted by Gasteiger charge is 2.15. The first-order chi connectivity index (χ1) is 16.3. The van der Waals surface area contributed by atoms with E-state index < -0.39 is 0 Å². The molecule has 1 aliphatic heterocycles. The molecule has 33 heavy (non-hydrogen) atoms. The molecular weight excluding hydrogens is 412 g/mol. The van der Waals surface area contributed by atoms with Crippen molar-refractivity contribution in [3.8, 4) is 11.4 Å². The summed E-state index contributed by atoms with van der Waals surface area (Å²) in [6.07, 6.45) is 2.14. The summed E-state index contributed by atoms with van der Waals surface area (Å²) >= 11 is 0. The number of aromatic amines is 1. The molecule has 5 rings (SSSR count). The molecule has 0 bridgehead atoms. The van der Waals surface area contributed by atoms with Gasteiger partial charge in [0.05, 0.1) is 30.1 Å². The van der Waals surface area contributed by atoms with Crippen LogP contribution in [0.2, 0.25) is 0 Å². The molecule has 4 aromatic rings. The van der Waals surface area contributed by atoms with Crippen molar-refractivity contribution >= 4 is 27.7 Å². The molecule has 1 saturated heterocycles. The minimum Gasteiger partial charge on any atom is -0.379 e. The van der Waals surface area contributed by atoms with Crippen molar-refractivity contribution in [2.45, 2.75) is 19.3 Å². The van der Waals surface area contributed by atoms with Crippen LogP contribution in [0.1, 0.15) is 18.4 Å². The maximum atomic E-state index is 12.4. The van der Waals surface area contributed by atoms with Gasteiger partial charge in [0.1, 0.15) is 0 Å². The zero-order chi connectivity index (χ0) is 22.5. The van der Waals surface area contributed by atoms with E-state index in [-0.39, 0.29) is 5.91 Å². The van der Waals surface area contributed by atoms with Crippen molar-refractivity contribution < 1.29 is 9.53 Å². The van der Waals surface area contributed by atoms with Crippen LogP contribution in [0.3, 0.4) is 0 Å². The summed E-state index contributed by atoms with van der Waals surface area (Å²) in [5.74, 6) is 0.119. The van der Waals surface area contributed by atoms with Crippen molar-refractivity contribution in [3.05, 3.63) is 66.2 Å². The number of hydrogen-bond acceptors (Lipinski definition) is 4. The summed E-state index contributed by atoms with van der Waals surface area (Å²) in [6.45, 7) is 5.04. The third kappa shape index (κ3) is 5.07. The first-order valence-electron chi connectivity index (χ1n) is 11.8. The topological polar surface area (TPSA) is 70.2 Å². The van der Waals surface area contributed by atoms with Crippen LogP contribution in [-0.4, -0.2) is 60.2 Å². The number of carbonyl (C=O) groups is 1. The van der Waals surface area contributed by atoms with Crippen LogP contribution in [0.15, 0.2) is 60.7 Å². The molecule has 1 fully saturated rings. The molecule has 1 aliphatic rings. The highest BCUT2D eigenvalue weighted by atomic mass is 16.5. The standard InChI is InChI=1S/C27H30N4O2/c32-26(28-14-15-31-16-18-33-19-17-31)11-5-8-22-21-7-2-4-10-24(21)30-27(22)25-13-12-20-6-1-3-9-23(20)29-25/h1-4,6-7,9-10,12-13,30H,5,8,11,14-19H2,(H,28,32). The van der Waals surface area contributed by atoms with E-state index in [1.807, 2.05) is 24.3 Å². The Bertz CT molecular complexity index is 1240. The molecule has 3 heterocycles. The molecule has 2 N–H and O–H groups in total. The Balaban J connectivity index is 1.26. The van der Waals surface area contributed by atoms with Gasteiger partial charge in [-0.05, 0) is 36.6 Å². The zero-order valence-electron chi connectivity index (χ0n) is 18.8. The van der Waals surface area contributed by atoms with Gasteiger partial charge in [0.15, 0.2) is 0 Å². The Morgan fingerprint density at radius 2 is 1.85 bits per heavy atom. The van der Waals surface area contributed by atoms with Gasteiger partial charge in [-0.3, -0.25) is 9.69 Å². The summed E-state index contributed by atoms with van der Waals surface area (Å²) in [4.78, 5) is 23.2. The number of nitrogens with zero attached hydrogens (tertiary/aromatic N) is 2. The number of morpholine rings is 1. The number of aromatic nitrogens is 2. The Hall–Kier alpha value is -3.22. The average Bonchev–Trinajstić information content (AvgIpc) is 3.23. The van der Waals surface area contributed by atoms with E-state index in [9.17, 15) is 4.79 Å². The lowest BCUT2D eigenvalue weighted by Crippen LogP contribution is -2.41.